The number of hydrogen-bond donors (Lipinski definition) is 5. The topological polar surface area (TPSA) is 118 Å². The maximum absolute atomic E-state index is 8.91. The van der Waals surface area contributed by atoms with E-state index < -0.39 is 18.4 Å². The van der Waals surface area contributed by atoms with Crippen LogP contribution in [0, 0.1) is 0 Å². The third-order valence-electron chi connectivity index (χ3n) is 1.22. The second-order valence-electron chi connectivity index (χ2n) is 2.39. The minimum absolute atomic E-state index is 0.360. The standard InChI is InChI=1S/C6H14O3.CH2O3/c1-2-3-5(8)6(9)4-7;2-1(3)4/h5-9H,2-4H2,1H3;(H2,2,3,4). The van der Waals surface area contributed by atoms with Crippen LogP contribution in [0.1, 0.15) is 19.8 Å². The van der Waals surface area contributed by atoms with Crippen LogP contribution in [0.25, 0.3) is 0 Å². The summed E-state index contributed by atoms with van der Waals surface area (Å²) in [4.78, 5) is 8.56. The molecule has 2 unspecified atom stereocenters. The molecule has 80 valence electrons. The summed E-state index contributed by atoms with van der Waals surface area (Å²) in [5.74, 6) is 0. The van der Waals surface area contributed by atoms with Gasteiger partial charge in [0.05, 0.1) is 12.7 Å². The fourth-order valence-electron chi connectivity index (χ4n) is 0.610. The van der Waals surface area contributed by atoms with Gasteiger partial charge in [-0.25, -0.2) is 4.79 Å². The summed E-state index contributed by atoms with van der Waals surface area (Å²) < 4.78 is 0. The number of carbonyl (C=O) groups is 1. The summed E-state index contributed by atoms with van der Waals surface area (Å²) in [6.45, 7) is 1.55. The highest BCUT2D eigenvalue weighted by molar-refractivity contribution is 5.53. The van der Waals surface area contributed by atoms with Crippen LogP contribution in [-0.4, -0.2) is 50.5 Å². The number of aliphatic hydroxyl groups is 3. The highest BCUT2D eigenvalue weighted by Crippen LogP contribution is 2.00. The Morgan fingerprint density at radius 1 is 1.23 bits per heavy atom. The number of hydrogen-bond acceptors (Lipinski definition) is 4. The van der Waals surface area contributed by atoms with E-state index in [1.54, 1.807) is 0 Å². The molecule has 0 amide bonds. The van der Waals surface area contributed by atoms with Gasteiger partial charge in [-0.1, -0.05) is 13.3 Å². The van der Waals surface area contributed by atoms with Gasteiger partial charge in [-0.3, -0.25) is 0 Å². The molecule has 2 atom stereocenters. The minimum atomic E-state index is -1.83. The Kier molecular flexibility index (Phi) is 10.4. The molecule has 5 N–H and O–H groups in total. The lowest BCUT2D eigenvalue weighted by Crippen LogP contribution is -2.28. The van der Waals surface area contributed by atoms with Gasteiger partial charge >= 0.3 is 6.16 Å². The third kappa shape index (κ3) is 14.1. The Hall–Kier alpha value is -0.850. The molecule has 0 spiro atoms. The molecular formula is C7H16O6. The molecule has 0 aromatic carbocycles. The Bertz CT molecular complexity index is 122. The first-order valence-corrected chi connectivity index (χ1v) is 3.84. The van der Waals surface area contributed by atoms with Crippen molar-refractivity contribution in [1.82, 2.24) is 0 Å². The first-order chi connectivity index (χ1) is 5.95. The Morgan fingerprint density at radius 2 is 1.62 bits per heavy atom. The van der Waals surface area contributed by atoms with Gasteiger partial charge in [0.15, 0.2) is 0 Å². The van der Waals surface area contributed by atoms with Crippen molar-refractivity contribution in [2.75, 3.05) is 6.61 Å². The molecule has 0 aliphatic heterocycles. The van der Waals surface area contributed by atoms with Gasteiger partial charge in [-0.2, -0.15) is 0 Å². The van der Waals surface area contributed by atoms with Gasteiger partial charge in [-0.15, -0.1) is 0 Å². The van der Waals surface area contributed by atoms with Crippen LogP contribution in [0.5, 0.6) is 0 Å². The molecule has 0 aromatic heterocycles. The van der Waals surface area contributed by atoms with E-state index in [0.717, 1.165) is 6.42 Å². The average Bonchev–Trinajstić information content (AvgIpc) is 2.02. The van der Waals surface area contributed by atoms with Crippen LogP contribution < -0.4 is 0 Å². The van der Waals surface area contributed by atoms with Crippen LogP contribution in [0.15, 0.2) is 0 Å². The summed E-state index contributed by atoms with van der Waals surface area (Å²) in [5, 5.41) is 39.9. The van der Waals surface area contributed by atoms with Crippen molar-refractivity contribution in [2.24, 2.45) is 0 Å². The second-order valence-corrected chi connectivity index (χ2v) is 2.39. The molecule has 0 aliphatic rings. The highest BCUT2D eigenvalue weighted by atomic mass is 16.6. The number of aliphatic hydroxyl groups excluding tert-OH is 3. The molecule has 6 nitrogen and oxygen atoms in total. The minimum Gasteiger partial charge on any atom is -0.450 e. The van der Waals surface area contributed by atoms with E-state index in [1.165, 1.54) is 0 Å². The largest absolute Gasteiger partial charge is 0.503 e. The lowest BCUT2D eigenvalue weighted by Gasteiger charge is -2.13. The summed E-state index contributed by atoms with van der Waals surface area (Å²) in [6, 6.07) is 0. The third-order valence-corrected chi connectivity index (χ3v) is 1.22. The van der Waals surface area contributed by atoms with E-state index in [9.17, 15) is 0 Å². The smallest absolute Gasteiger partial charge is 0.450 e. The zero-order valence-corrected chi connectivity index (χ0v) is 7.42. The predicted molar refractivity (Wildman–Crippen MR) is 44.7 cm³/mol. The van der Waals surface area contributed by atoms with E-state index in [0.29, 0.717) is 6.42 Å². The fourth-order valence-corrected chi connectivity index (χ4v) is 0.610. The fraction of sp³-hybridized carbons (Fsp3) is 0.857. The van der Waals surface area contributed by atoms with Crippen molar-refractivity contribution < 1.29 is 30.3 Å². The molecule has 0 fully saturated rings. The van der Waals surface area contributed by atoms with Crippen molar-refractivity contribution in [3.8, 4) is 0 Å². The molecule has 0 aliphatic carbocycles. The van der Waals surface area contributed by atoms with Crippen molar-refractivity contribution in [2.45, 2.75) is 32.0 Å². The average molecular weight is 196 g/mol. The lowest BCUT2D eigenvalue weighted by molar-refractivity contribution is -0.0177. The molecule has 0 heterocycles. The number of carboxylic acid groups (broad SMARTS) is 2. The first-order valence-electron chi connectivity index (χ1n) is 3.84. The zero-order valence-electron chi connectivity index (χ0n) is 7.42. The maximum Gasteiger partial charge on any atom is 0.503 e. The van der Waals surface area contributed by atoms with E-state index >= 15 is 0 Å². The van der Waals surface area contributed by atoms with Crippen molar-refractivity contribution in [1.29, 1.82) is 0 Å². The van der Waals surface area contributed by atoms with E-state index in [4.69, 9.17) is 30.3 Å². The molecular weight excluding hydrogens is 180 g/mol. The molecule has 0 saturated carbocycles. The Morgan fingerprint density at radius 3 is 1.85 bits per heavy atom. The summed E-state index contributed by atoms with van der Waals surface area (Å²) in [7, 11) is 0. The van der Waals surface area contributed by atoms with Crippen LogP contribution in [0.4, 0.5) is 4.79 Å². The molecule has 0 saturated heterocycles. The summed E-state index contributed by atoms with van der Waals surface area (Å²) in [5.41, 5.74) is 0. The maximum atomic E-state index is 8.91. The molecule has 0 aromatic rings. The molecule has 0 rings (SSSR count). The van der Waals surface area contributed by atoms with Gasteiger partial charge in [0.25, 0.3) is 0 Å². The summed E-state index contributed by atoms with van der Waals surface area (Å²) in [6.07, 6.45) is -2.20. The van der Waals surface area contributed by atoms with Crippen molar-refractivity contribution in [3.63, 3.8) is 0 Å². The van der Waals surface area contributed by atoms with Gasteiger partial charge in [0.1, 0.15) is 6.10 Å². The normalized spacial score (nSPS) is 13.8. The number of rotatable bonds is 4. The second kappa shape index (κ2) is 9.24. The first kappa shape index (κ1) is 14.7. The van der Waals surface area contributed by atoms with Gasteiger partial charge in [-0.05, 0) is 6.42 Å². The lowest BCUT2D eigenvalue weighted by atomic mass is 10.1. The Labute approximate surface area is 76.1 Å². The Balaban J connectivity index is 0. The van der Waals surface area contributed by atoms with Gasteiger partial charge < -0.3 is 25.5 Å². The van der Waals surface area contributed by atoms with E-state index in [1.807, 2.05) is 6.92 Å². The van der Waals surface area contributed by atoms with E-state index in [-0.39, 0.29) is 6.61 Å². The molecule has 0 bridgehead atoms. The molecule has 0 radical (unpaired) electrons. The quantitative estimate of drug-likeness (QED) is 0.422. The monoisotopic (exact) mass is 196 g/mol. The molecule has 13 heavy (non-hydrogen) atoms. The van der Waals surface area contributed by atoms with Gasteiger partial charge in [0, 0.05) is 0 Å². The van der Waals surface area contributed by atoms with Crippen LogP contribution in [0.3, 0.4) is 0 Å². The SMILES string of the molecule is CCCC(O)C(O)CO.O=C(O)O. The zero-order chi connectivity index (χ0) is 10.9. The highest BCUT2D eigenvalue weighted by Gasteiger charge is 2.12. The van der Waals surface area contributed by atoms with Crippen LogP contribution in [0.2, 0.25) is 0 Å². The van der Waals surface area contributed by atoms with Gasteiger partial charge in [0.2, 0.25) is 0 Å². The van der Waals surface area contributed by atoms with Crippen molar-refractivity contribution in [3.05, 3.63) is 0 Å². The van der Waals surface area contributed by atoms with Crippen molar-refractivity contribution >= 4 is 6.16 Å². The van der Waals surface area contributed by atoms with Crippen LogP contribution in [-0.2, 0) is 0 Å². The van der Waals surface area contributed by atoms with E-state index in [2.05, 4.69) is 0 Å². The predicted octanol–water partition coefficient (Wildman–Crippen LogP) is -0.277. The van der Waals surface area contributed by atoms with Crippen LogP contribution >= 0.6 is 0 Å². The summed E-state index contributed by atoms with van der Waals surface area (Å²) >= 11 is 0. The molecule has 6 heteroatoms.